The maximum absolute atomic E-state index is 4.41. The zero-order chi connectivity index (χ0) is 8.39. The molecule has 2 heterocycles. The third-order valence-corrected chi connectivity index (χ3v) is 2.83. The topological polar surface area (TPSA) is 29.9 Å². The lowest BCUT2D eigenvalue weighted by Crippen LogP contribution is -2.29. The lowest BCUT2D eigenvalue weighted by molar-refractivity contribution is 0.342. The number of halogens is 1. The minimum Gasteiger partial charge on any atom is -0.317 e. The summed E-state index contributed by atoms with van der Waals surface area (Å²) in [4.78, 5) is 0. The van der Waals surface area contributed by atoms with Crippen LogP contribution in [0.3, 0.4) is 0 Å². The third-order valence-electron chi connectivity index (χ3n) is 2.26. The van der Waals surface area contributed by atoms with E-state index in [2.05, 4.69) is 50.0 Å². The molecule has 1 aromatic rings. The molecule has 0 atom stereocenters. The SMILES string of the molecule is Ic1ccn(C2CCNCC2)n1. The lowest BCUT2D eigenvalue weighted by atomic mass is 10.1. The molecule has 1 saturated heterocycles. The van der Waals surface area contributed by atoms with Crippen LogP contribution in [0.5, 0.6) is 0 Å². The molecule has 66 valence electrons. The Morgan fingerprint density at radius 1 is 1.50 bits per heavy atom. The van der Waals surface area contributed by atoms with Crippen molar-refractivity contribution in [3.63, 3.8) is 0 Å². The standard InChI is InChI=1S/C8H12IN3/c9-8-3-6-12(11-8)7-1-4-10-5-2-7/h3,6-7,10H,1-2,4-5H2. The molecule has 0 unspecified atom stereocenters. The second-order valence-corrected chi connectivity index (χ2v) is 4.20. The van der Waals surface area contributed by atoms with Gasteiger partial charge in [-0.1, -0.05) is 0 Å². The Kier molecular flexibility index (Phi) is 2.65. The predicted octanol–water partition coefficient (Wildman–Crippen LogP) is 1.41. The van der Waals surface area contributed by atoms with Crippen molar-refractivity contribution in [2.45, 2.75) is 18.9 Å². The van der Waals surface area contributed by atoms with E-state index in [1.807, 2.05) is 0 Å². The van der Waals surface area contributed by atoms with Gasteiger partial charge in [0.25, 0.3) is 0 Å². The van der Waals surface area contributed by atoms with E-state index in [-0.39, 0.29) is 0 Å². The Hall–Kier alpha value is -0.100. The van der Waals surface area contributed by atoms with Crippen LogP contribution in [-0.4, -0.2) is 22.9 Å². The van der Waals surface area contributed by atoms with Crippen molar-refractivity contribution in [3.8, 4) is 0 Å². The van der Waals surface area contributed by atoms with Crippen molar-refractivity contribution in [2.24, 2.45) is 0 Å². The third kappa shape index (κ3) is 1.80. The minimum absolute atomic E-state index is 0.620. The summed E-state index contributed by atoms with van der Waals surface area (Å²) in [6.07, 6.45) is 4.49. The summed E-state index contributed by atoms with van der Waals surface area (Å²) >= 11 is 2.25. The van der Waals surface area contributed by atoms with Crippen LogP contribution >= 0.6 is 22.6 Å². The normalized spacial score (nSPS) is 19.8. The summed E-state index contributed by atoms with van der Waals surface area (Å²) in [5.41, 5.74) is 0. The van der Waals surface area contributed by atoms with Crippen LogP contribution in [0.25, 0.3) is 0 Å². The van der Waals surface area contributed by atoms with Gasteiger partial charge in [0, 0.05) is 6.20 Å². The highest BCUT2D eigenvalue weighted by atomic mass is 127. The number of aromatic nitrogens is 2. The summed E-state index contributed by atoms with van der Waals surface area (Å²) in [6.45, 7) is 2.25. The van der Waals surface area contributed by atoms with Gasteiger partial charge in [-0.15, -0.1) is 0 Å². The molecule has 1 aliphatic heterocycles. The number of nitrogens with zero attached hydrogens (tertiary/aromatic N) is 2. The summed E-state index contributed by atoms with van der Waals surface area (Å²) in [7, 11) is 0. The zero-order valence-electron chi connectivity index (χ0n) is 6.83. The molecule has 1 fully saturated rings. The average Bonchev–Trinajstić information content (AvgIpc) is 2.54. The molecule has 0 saturated carbocycles. The van der Waals surface area contributed by atoms with Gasteiger partial charge in [0.1, 0.15) is 3.70 Å². The molecule has 1 aliphatic rings. The first-order valence-corrected chi connectivity index (χ1v) is 5.35. The van der Waals surface area contributed by atoms with Crippen LogP contribution in [0.2, 0.25) is 0 Å². The second kappa shape index (κ2) is 3.74. The van der Waals surface area contributed by atoms with Crippen LogP contribution in [0.4, 0.5) is 0 Å². The van der Waals surface area contributed by atoms with Crippen molar-refractivity contribution >= 4 is 22.6 Å². The van der Waals surface area contributed by atoms with Crippen LogP contribution in [0.15, 0.2) is 12.3 Å². The molecule has 0 spiro atoms. The molecular formula is C8H12IN3. The first kappa shape index (κ1) is 8.50. The summed E-state index contributed by atoms with van der Waals surface area (Å²) < 4.78 is 3.19. The van der Waals surface area contributed by atoms with Crippen molar-refractivity contribution in [1.29, 1.82) is 0 Å². The van der Waals surface area contributed by atoms with E-state index in [9.17, 15) is 0 Å². The Labute approximate surface area is 85.7 Å². The van der Waals surface area contributed by atoms with Crippen molar-refractivity contribution in [3.05, 3.63) is 16.0 Å². The summed E-state index contributed by atoms with van der Waals surface area (Å²) in [5, 5.41) is 7.76. The van der Waals surface area contributed by atoms with Gasteiger partial charge in [-0.3, -0.25) is 4.68 Å². The number of piperidine rings is 1. The van der Waals surface area contributed by atoms with E-state index in [1.54, 1.807) is 0 Å². The lowest BCUT2D eigenvalue weighted by Gasteiger charge is -2.22. The van der Waals surface area contributed by atoms with E-state index >= 15 is 0 Å². The summed E-state index contributed by atoms with van der Waals surface area (Å²) in [5.74, 6) is 0. The second-order valence-electron chi connectivity index (χ2n) is 3.10. The number of rotatable bonds is 1. The highest BCUT2D eigenvalue weighted by molar-refractivity contribution is 14.1. The average molecular weight is 277 g/mol. The Balaban J connectivity index is 2.08. The van der Waals surface area contributed by atoms with Gasteiger partial charge < -0.3 is 5.32 Å². The quantitative estimate of drug-likeness (QED) is 0.787. The molecule has 1 aromatic heterocycles. The predicted molar refractivity (Wildman–Crippen MR) is 56.1 cm³/mol. The molecule has 1 N–H and O–H groups in total. The van der Waals surface area contributed by atoms with Crippen LogP contribution < -0.4 is 5.32 Å². The van der Waals surface area contributed by atoms with Gasteiger partial charge in [0.15, 0.2) is 0 Å². The van der Waals surface area contributed by atoms with Crippen LogP contribution in [-0.2, 0) is 0 Å². The molecule has 0 aromatic carbocycles. The zero-order valence-corrected chi connectivity index (χ0v) is 8.99. The number of hydrogen-bond acceptors (Lipinski definition) is 2. The van der Waals surface area contributed by atoms with Crippen LogP contribution in [0.1, 0.15) is 18.9 Å². The highest BCUT2D eigenvalue weighted by Gasteiger charge is 2.14. The van der Waals surface area contributed by atoms with E-state index in [1.165, 1.54) is 12.8 Å². The van der Waals surface area contributed by atoms with Gasteiger partial charge in [-0.25, -0.2) is 0 Å². The molecule has 3 nitrogen and oxygen atoms in total. The Morgan fingerprint density at radius 3 is 2.83 bits per heavy atom. The Bertz CT molecular complexity index is 253. The van der Waals surface area contributed by atoms with Gasteiger partial charge in [-0.2, -0.15) is 5.10 Å². The fourth-order valence-corrected chi connectivity index (χ4v) is 2.00. The maximum Gasteiger partial charge on any atom is 0.123 e. The molecule has 2 rings (SSSR count). The minimum atomic E-state index is 0.620. The smallest absolute Gasteiger partial charge is 0.123 e. The maximum atomic E-state index is 4.41. The number of hydrogen-bond donors (Lipinski definition) is 1. The Morgan fingerprint density at radius 2 is 2.25 bits per heavy atom. The van der Waals surface area contributed by atoms with E-state index in [0.717, 1.165) is 16.8 Å². The first-order chi connectivity index (χ1) is 5.86. The first-order valence-electron chi connectivity index (χ1n) is 4.27. The molecule has 0 bridgehead atoms. The monoisotopic (exact) mass is 277 g/mol. The van der Waals surface area contributed by atoms with Gasteiger partial charge in [-0.05, 0) is 54.6 Å². The molecular weight excluding hydrogens is 265 g/mol. The van der Waals surface area contributed by atoms with E-state index in [4.69, 9.17) is 0 Å². The number of nitrogens with one attached hydrogen (secondary N) is 1. The van der Waals surface area contributed by atoms with E-state index < -0.39 is 0 Å². The molecule has 12 heavy (non-hydrogen) atoms. The largest absolute Gasteiger partial charge is 0.317 e. The van der Waals surface area contributed by atoms with E-state index in [0.29, 0.717) is 6.04 Å². The fourth-order valence-electron chi connectivity index (χ4n) is 1.59. The van der Waals surface area contributed by atoms with Gasteiger partial charge >= 0.3 is 0 Å². The highest BCUT2D eigenvalue weighted by Crippen LogP contribution is 2.17. The molecule has 0 radical (unpaired) electrons. The van der Waals surface area contributed by atoms with Gasteiger partial charge in [0.05, 0.1) is 6.04 Å². The molecule has 4 heteroatoms. The fraction of sp³-hybridized carbons (Fsp3) is 0.625. The van der Waals surface area contributed by atoms with Crippen molar-refractivity contribution in [1.82, 2.24) is 15.1 Å². The summed E-state index contributed by atoms with van der Waals surface area (Å²) in [6, 6.07) is 2.68. The van der Waals surface area contributed by atoms with Crippen LogP contribution in [0, 0.1) is 3.70 Å². The van der Waals surface area contributed by atoms with Gasteiger partial charge in [0.2, 0.25) is 0 Å². The molecule has 0 aliphatic carbocycles. The van der Waals surface area contributed by atoms with Crippen molar-refractivity contribution in [2.75, 3.05) is 13.1 Å². The molecule has 0 amide bonds. The van der Waals surface area contributed by atoms with Crippen molar-refractivity contribution < 1.29 is 0 Å².